The zero-order chi connectivity index (χ0) is 28.4. The third-order valence-corrected chi connectivity index (χ3v) is 9.26. The number of carbonyl (C=O) groups excluding carboxylic acids is 4. The third kappa shape index (κ3) is 3.20. The smallest absolute Gasteiger partial charge is 0.261 e. The molecule has 0 saturated heterocycles. The largest absolute Gasteiger partial charge is 0.274 e. The molecule has 7 rings (SSSR count). The first kappa shape index (κ1) is 25.6. The standard InChI is InChI=1S/C32H24Br2N2O4/c1-13(2)11-35-29(37)17-7-5-15-26-22(34)10-20-24-18(30(38)36(32(20)40)12-14(3)4)8-6-16(28(24)26)25-21(33)9-19(31(35)39)23(17)27(15)25/h5-10,13-14H,11-12H2,1-4H3. The summed E-state index contributed by atoms with van der Waals surface area (Å²) in [6.45, 7) is 8.61. The molecule has 2 heterocycles. The number of nitrogens with zero attached hydrogens (tertiary/aromatic N) is 2. The number of halogens is 2. The summed E-state index contributed by atoms with van der Waals surface area (Å²) >= 11 is 7.51. The molecule has 8 heteroatoms. The van der Waals surface area contributed by atoms with Crippen molar-refractivity contribution in [2.45, 2.75) is 27.7 Å². The van der Waals surface area contributed by atoms with Crippen molar-refractivity contribution in [1.29, 1.82) is 0 Å². The van der Waals surface area contributed by atoms with E-state index in [4.69, 9.17) is 0 Å². The van der Waals surface area contributed by atoms with E-state index in [-0.39, 0.29) is 35.5 Å². The molecule has 6 nitrogen and oxygen atoms in total. The molecule has 2 aliphatic heterocycles. The van der Waals surface area contributed by atoms with E-state index in [1.165, 1.54) is 9.80 Å². The van der Waals surface area contributed by atoms with Crippen LogP contribution in [0.3, 0.4) is 0 Å². The highest BCUT2D eigenvalue weighted by molar-refractivity contribution is 9.11. The second-order valence-electron chi connectivity index (χ2n) is 11.6. The van der Waals surface area contributed by atoms with Gasteiger partial charge in [-0.25, -0.2) is 0 Å². The Kier molecular flexibility index (Phi) is 5.48. The average Bonchev–Trinajstić information content (AvgIpc) is 2.90. The fraction of sp³-hybridized carbons (Fsp3) is 0.250. The van der Waals surface area contributed by atoms with Crippen molar-refractivity contribution in [2.24, 2.45) is 11.8 Å². The highest BCUT2D eigenvalue weighted by atomic mass is 79.9. The number of amides is 4. The molecule has 0 saturated carbocycles. The van der Waals surface area contributed by atoms with Crippen molar-refractivity contribution in [1.82, 2.24) is 9.80 Å². The summed E-state index contributed by atoms with van der Waals surface area (Å²) in [4.78, 5) is 57.1. The van der Waals surface area contributed by atoms with E-state index < -0.39 is 0 Å². The first-order valence-electron chi connectivity index (χ1n) is 13.3. The fourth-order valence-corrected chi connectivity index (χ4v) is 7.81. The molecule has 0 spiro atoms. The number of fused-ring (bicyclic) bond motifs is 2. The lowest BCUT2D eigenvalue weighted by Gasteiger charge is -2.31. The Morgan fingerprint density at radius 2 is 0.875 bits per heavy atom. The molecule has 5 aromatic rings. The molecular formula is C32H24Br2N2O4. The third-order valence-electron chi connectivity index (χ3n) is 8.01. The monoisotopic (exact) mass is 658 g/mol. The Labute approximate surface area is 246 Å². The Balaban J connectivity index is 1.64. The minimum Gasteiger partial charge on any atom is -0.274 e. The van der Waals surface area contributed by atoms with Crippen LogP contribution in [0.4, 0.5) is 0 Å². The predicted molar refractivity (Wildman–Crippen MR) is 163 cm³/mol. The van der Waals surface area contributed by atoms with Crippen molar-refractivity contribution in [3.8, 4) is 0 Å². The maximum Gasteiger partial charge on any atom is 0.261 e. The van der Waals surface area contributed by atoms with E-state index >= 15 is 0 Å². The van der Waals surface area contributed by atoms with Gasteiger partial charge in [0.15, 0.2) is 0 Å². The van der Waals surface area contributed by atoms with Gasteiger partial charge in [0.1, 0.15) is 0 Å². The molecule has 2 aliphatic rings. The van der Waals surface area contributed by atoms with Crippen LogP contribution in [-0.2, 0) is 0 Å². The van der Waals surface area contributed by atoms with Crippen LogP contribution in [0.1, 0.15) is 69.1 Å². The molecule has 4 amide bonds. The molecular weight excluding hydrogens is 636 g/mol. The maximum atomic E-state index is 13.6. The van der Waals surface area contributed by atoms with E-state index in [1.54, 1.807) is 12.1 Å². The van der Waals surface area contributed by atoms with Crippen LogP contribution < -0.4 is 0 Å². The fourth-order valence-electron chi connectivity index (χ4n) is 6.53. The maximum absolute atomic E-state index is 13.6. The number of imide groups is 2. The molecule has 0 atom stereocenters. The van der Waals surface area contributed by atoms with E-state index in [9.17, 15) is 19.2 Å². The Morgan fingerprint density at radius 1 is 0.525 bits per heavy atom. The second-order valence-corrected chi connectivity index (χ2v) is 13.3. The molecule has 0 aromatic heterocycles. The van der Waals surface area contributed by atoms with Gasteiger partial charge in [-0.3, -0.25) is 29.0 Å². The van der Waals surface area contributed by atoms with Crippen LogP contribution in [0.25, 0.3) is 43.1 Å². The van der Waals surface area contributed by atoms with Crippen LogP contribution in [0.5, 0.6) is 0 Å². The van der Waals surface area contributed by atoms with Gasteiger partial charge in [0.25, 0.3) is 23.6 Å². The Bertz CT molecular complexity index is 1880. The zero-order valence-corrected chi connectivity index (χ0v) is 25.5. The molecule has 0 bridgehead atoms. The van der Waals surface area contributed by atoms with E-state index in [0.717, 1.165) is 41.3 Å². The van der Waals surface area contributed by atoms with Gasteiger partial charge in [-0.05, 0) is 46.9 Å². The van der Waals surface area contributed by atoms with Crippen molar-refractivity contribution in [2.75, 3.05) is 13.1 Å². The highest BCUT2D eigenvalue weighted by Crippen LogP contribution is 2.50. The van der Waals surface area contributed by atoms with Crippen LogP contribution in [-0.4, -0.2) is 46.5 Å². The summed E-state index contributed by atoms with van der Waals surface area (Å²) < 4.78 is 1.44. The van der Waals surface area contributed by atoms with Crippen molar-refractivity contribution in [3.63, 3.8) is 0 Å². The van der Waals surface area contributed by atoms with Crippen LogP contribution in [0, 0.1) is 11.8 Å². The lowest BCUT2D eigenvalue weighted by Crippen LogP contribution is -2.42. The van der Waals surface area contributed by atoms with Gasteiger partial charge in [-0.15, -0.1) is 0 Å². The molecule has 0 fully saturated rings. The van der Waals surface area contributed by atoms with E-state index in [1.807, 2.05) is 52.0 Å². The number of rotatable bonds is 4. The SMILES string of the molecule is CC(C)CN1C(=O)c2ccc3c4c(Br)cc5c6c(ccc(c7c(Br)cc(c2c37)C1=O)c64)C(=O)N(CC(C)C)C5=O. The molecule has 200 valence electrons. The molecule has 0 N–H and O–H groups in total. The summed E-state index contributed by atoms with van der Waals surface area (Å²) in [5.74, 6) is -0.908. The molecule has 0 aliphatic carbocycles. The molecule has 5 aromatic carbocycles. The second kappa shape index (κ2) is 8.57. The van der Waals surface area contributed by atoms with E-state index in [2.05, 4.69) is 31.9 Å². The number of carbonyl (C=O) groups is 4. The van der Waals surface area contributed by atoms with Gasteiger partial charge in [0.05, 0.1) is 0 Å². The van der Waals surface area contributed by atoms with Gasteiger partial charge < -0.3 is 0 Å². The van der Waals surface area contributed by atoms with Crippen LogP contribution >= 0.6 is 31.9 Å². The minimum absolute atomic E-state index is 0.134. The number of hydrogen-bond acceptors (Lipinski definition) is 4. The summed E-state index contributed by atoms with van der Waals surface area (Å²) in [6.07, 6.45) is 0. The van der Waals surface area contributed by atoms with Gasteiger partial charge >= 0.3 is 0 Å². The van der Waals surface area contributed by atoms with Gasteiger partial charge in [0, 0.05) is 76.6 Å². The van der Waals surface area contributed by atoms with Crippen molar-refractivity contribution < 1.29 is 19.2 Å². The van der Waals surface area contributed by atoms with E-state index in [0.29, 0.717) is 46.1 Å². The quantitative estimate of drug-likeness (QED) is 0.112. The topological polar surface area (TPSA) is 74.8 Å². The minimum atomic E-state index is -0.299. The average molecular weight is 660 g/mol. The molecule has 0 radical (unpaired) electrons. The first-order valence-corrected chi connectivity index (χ1v) is 14.9. The highest BCUT2D eigenvalue weighted by Gasteiger charge is 2.38. The summed E-state index contributed by atoms with van der Waals surface area (Å²) in [5, 5.41) is 6.32. The Morgan fingerprint density at radius 3 is 1.23 bits per heavy atom. The number of benzene rings is 5. The molecule has 40 heavy (non-hydrogen) atoms. The summed E-state index contributed by atoms with van der Waals surface area (Å²) in [5.41, 5.74) is 1.98. The zero-order valence-electron chi connectivity index (χ0n) is 22.3. The lowest BCUT2D eigenvalue weighted by molar-refractivity contribution is 0.0577. The number of hydrogen-bond donors (Lipinski definition) is 0. The lowest BCUT2D eigenvalue weighted by atomic mass is 9.82. The van der Waals surface area contributed by atoms with Crippen LogP contribution in [0.2, 0.25) is 0 Å². The summed E-state index contributed by atoms with van der Waals surface area (Å²) in [7, 11) is 0. The predicted octanol–water partition coefficient (Wildman–Crippen LogP) is 7.77. The first-order chi connectivity index (χ1) is 19.0. The van der Waals surface area contributed by atoms with Gasteiger partial charge in [-0.1, -0.05) is 71.7 Å². The van der Waals surface area contributed by atoms with Crippen molar-refractivity contribution in [3.05, 3.63) is 67.6 Å². The van der Waals surface area contributed by atoms with Crippen LogP contribution in [0.15, 0.2) is 45.3 Å². The van der Waals surface area contributed by atoms with Gasteiger partial charge in [-0.2, -0.15) is 0 Å². The normalized spacial score (nSPS) is 15.5. The summed E-state index contributed by atoms with van der Waals surface area (Å²) in [6, 6.07) is 11.1. The van der Waals surface area contributed by atoms with Crippen molar-refractivity contribution >= 4 is 98.6 Å². The Hall–Kier alpha value is -3.36. The van der Waals surface area contributed by atoms with Gasteiger partial charge in [0.2, 0.25) is 0 Å². The molecule has 0 unspecified atom stereocenters.